The molecule has 112 valence electrons. The Kier molecular flexibility index (Phi) is 5.54. The second kappa shape index (κ2) is 7.17. The van der Waals surface area contributed by atoms with Crippen LogP contribution in [0.5, 0.6) is 0 Å². The lowest BCUT2D eigenvalue weighted by atomic mass is 10.1. The van der Waals surface area contributed by atoms with Crippen LogP contribution >= 0.6 is 0 Å². The van der Waals surface area contributed by atoms with Crippen LogP contribution in [0.2, 0.25) is 0 Å². The molecule has 1 aromatic rings. The van der Waals surface area contributed by atoms with Crippen molar-refractivity contribution in [1.82, 2.24) is 10.0 Å². The minimum atomic E-state index is -3.44. The summed E-state index contributed by atoms with van der Waals surface area (Å²) in [6.45, 7) is 4.79. The van der Waals surface area contributed by atoms with Crippen LogP contribution in [0, 0.1) is 0 Å². The van der Waals surface area contributed by atoms with Gasteiger partial charge in [0.1, 0.15) is 0 Å². The van der Waals surface area contributed by atoms with Crippen molar-refractivity contribution in [2.75, 3.05) is 19.8 Å². The number of sulfonamides is 1. The average molecular weight is 298 g/mol. The molecule has 0 aromatic heterocycles. The number of ether oxygens (including phenoxy) is 1. The Morgan fingerprint density at radius 1 is 1.30 bits per heavy atom. The Bertz CT molecular complexity index is 525. The molecule has 1 saturated heterocycles. The van der Waals surface area contributed by atoms with E-state index >= 15 is 0 Å². The second-order valence-corrected chi connectivity index (χ2v) is 6.65. The third kappa shape index (κ3) is 4.28. The van der Waals surface area contributed by atoms with E-state index in [1.54, 1.807) is 18.2 Å². The van der Waals surface area contributed by atoms with Gasteiger partial charge in [-0.2, -0.15) is 0 Å². The molecule has 0 aliphatic carbocycles. The number of nitrogens with one attached hydrogen (secondary N) is 2. The molecule has 20 heavy (non-hydrogen) atoms. The fraction of sp³-hybridized carbons (Fsp3) is 0.571. The van der Waals surface area contributed by atoms with Crippen LogP contribution in [0.3, 0.4) is 0 Å². The van der Waals surface area contributed by atoms with Crippen molar-refractivity contribution in [2.24, 2.45) is 0 Å². The first-order valence-corrected chi connectivity index (χ1v) is 8.50. The fourth-order valence-corrected chi connectivity index (χ4v) is 3.57. The molecule has 1 aliphatic heterocycles. The van der Waals surface area contributed by atoms with E-state index < -0.39 is 10.0 Å². The van der Waals surface area contributed by atoms with Crippen LogP contribution in [0.15, 0.2) is 29.2 Å². The highest BCUT2D eigenvalue weighted by molar-refractivity contribution is 7.89. The van der Waals surface area contributed by atoms with Crippen LogP contribution in [0.4, 0.5) is 0 Å². The molecule has 0 radical (unpaired) electrons. The molecule has 1 aliphatic rings. The molecule has 0 atom stereocenters. The molecule has 5 nitrogen and oxygen atoms in total. The minimum absolute atomic E-state index is 0.0221. The van der Waals surface area contributed by atoms with Crippen molar-refractivity contribution in [3.8, 4) is 0 Å². The molecular weight excluding hydrogens is 276 g/mol. The maximum atomic E-state index is 12.4. The summed E-state index contributed by atoms with van der Waals surface area (Å²) in [4.78, 5) is 0.333. The molecule has 0 spiro atoms. The van der Waals surface area contributed by atoms with Gasteiger partial charge < -0.3 is 10.1 Å². The van der Waals surface area contributed by atoms with Crippen molar-refractivity contribution in [1.29, 1.82) is 0 Å². The molecule has 1 aromatic carbocycles. The summed E-state index contributed by atoms with van der Waals surface area (Å²) in [5.41, 5.74) is 0.974. The lowest BCUT2D eigenvalue weighted by Gasteiger charge is -2.23. The van der Waals surface area contributed by atoms with E-state index in [-0.39, 0.29) is 6.04 Å². The van der Waals surface area contributed by atoms with E-state index in [4.69, 9.17) is 4.74 Å². The summed E-state index contributed by atoms with van der Waals surface area (Å²) in [6, 6.07) is 7.05. The molecule has 6 heteroatoms. The van der Waals surface area contributed by atoms with Crippen LogP contribution < -0.4 is 10.0 Å². The SMILES string of the molecule is CCNCc1cccc(S(=O)(=O)NC2CCOCC2)c1. The Hall–Kier alpha value is -0.950. The van der Waals surface area contributed by atoms with Crippen LogP contribution in [0.25, 0.3) is 0 Å². The van der Waals surface area contributed by atoms with Crippen LogP contribution in [0.1, 0.15) is 25.3 Å². The van der Waals surface area contributed by atoms with Crippen LogP contribution in [-0.4, -0.2) is 34.2 Å². The van der Waals surface area contributed by atoms with Gasteiger partial charge in [0.05, 0.1) is 4.90 Å². The predicted octanol–water partition coefficient (Wildman–Crippen LogP) is 1.25. The zero-order valence-corrected chi connectivity index (χ0v) is 12.6. The van der Waals surface area contributed by atoms with Gasteiger partial charge in [0, 0.05) is 25.8 Å². The van der Waals surface area contributed by atoms with E-state index in [0.29, 0.717) is 24.7 Å². The summed E-state index contributed by atoms with van der Waals surface area (Å²) < 4.78 is 32.7. The summed E-state index contributed by atoms with van der Waals surface area (Å²) >= 11 is 0. The quantitative estimate of drug-likeness (QED) is 0.829. The first-order valence-electron chi connectivity index (χ1n) is 7.01. The normalized spacial score (nSPS) is 17.2. The summed E-state index contributed by atoms with van der Waals surface area (Å²) in [5.74, 6) is 0. The van der Waals surface area contributed by atoms with Crippen molar-refractivity contribution in [2.45, 2.75) is 37.2 Å². The Labute approximate surface area is 120 Å². The highest BCUT2D eigenvalue weighted by Crippen LogP contribution is 2.15. The van der Waals surface area contributed by atoms with Crippen LogP contribution in [-0.2, 0) is 21.3 Å². The first kappa shape index (κ1) is 15.4. The predicted molar refractivity (Wildman–Crippen MR) is 78.0 cm³/mol. The van der Waals surface area contributed by atoms with Gasteiger partial charge in [0.25, 0.3) is 0 Å². The number of hydrogen-bond donors (Lipinski definition) is 2. The van der Waals surface area contributed by atoms with Gasteiger partial charge in [-0.05, 0) is 37.1 Å². The maximum Gasteiger partial charge on any atom is 0.240 e. The third-order valence-electron chi connectivity index (χ3n) is 3.33. The Morgan fingerprint density at radius 2 is 2.05 bits per heavy atom. The smallest absolute Gasteiger partial charge is 0.240 e. The standard InChI is InChI=1S/C14H22N2O3S/c1-2-15-11-12-4-3-5-14(10-12)20(17,18)16-13-6-8-19-9-7-13/h3-5,10,13,15-16H,2,6-9,11H2,1H3. The van der Waals surface area contributed by atoms with E-state index in [1.807, 2.05) is 13.0 Å². The molecule has 1 heterocycles. The van der Waals surface area contributed by atoms with Crippen molar-refractivity contribution in [3.63, 3.8) is 0 Å². The molecule has 2 rings (SSSR count). The Morgan fingerprint density at radius 3 is 2.75 bits per heavy atom. The molecular formula is C14H22N2O3S. The summed E-state index contributed by atoms with van der Waals surface area (Å²) in [7, 11) is -3.44. The van der Waals surface area contributed by atoms with Gasteiger partial charge in [-0.3, -0.25) is 0 Å². The van der Waals surface area contributed by atoms with Crippen molar-refractivity contribution >= 4 is 10.0 Å². The largest absolute Gasteiger partial charge is 0.381 e. The van der Waals surface area contributed by atoms with E-state index in [9.17, 15) is 8.42 Å². The van der Waals surface area contributed by atoms with Gasteiger partial charge >= 0.3 is 0 Å². The number of rotatable bonds is 6. The minimum Gasteiger partial charge on any atom is -0.381 e. The number of benzene rings is 1. The molecule has 0 bridgehead atoms. The van der Waals surface area contributed by atoms with Gasteiger partial charge in [-0.1, -0.05) is 19.1 Å². The Balaban J connectivity index is 2.07. The lowest BCUT2D eigenvalue weighted by molar-refractivity contribution is 0.0832. The molecule has 0 unspecified atom stereocenters. The molecule has 1 fully saturated rings. The fourth-order valence-electron chi connectivity index (χ4n) is 2.19. The zero-order chi connectivity index (χ0) is 14.4. The first-order chi connectivity index (χ1) is 9.62. The highest BCUT2D eigenvalue weighted by atomic mass is 32.2. The van der Waals surface area contributed by atoms with Crippen molar-refractivity contribution in [3.05, 3.63) is 29.8 Å². The molecule has 0 saturated carbocycles. The maximum absolute atomic E-state index is 12.4. The monoisotopic (exact) mass is 298 g/mol. The van der Waals surface area contributed by atoms with Gasteiger partial charge in [0.2, 0.25) is 10.0 Å². The van der Waals surface area contributed by atoms with Crippen molar-refractivity contribution < 1.29 is 13.2 Å². The average Bonchev–Trinajstić information content (AvgIpc) is 2.46. The number of hydrogen-bond acceptors (Lipinski definition) is 4. The van der Waals surface area contributed by atoms with Gasteiger partial charge in [-0.15, -0.1) is 0 Å². The zero-order valence-electron chi connectivity index (χ0n) is 11.8. The third-order valence-corrected chi connectivity index (χ3v) is 4.85. The highest BCUT2D eigenvalue weighted by Gasteiger charge is 2.22. The molecule has 2 N–H and O–H groups in total. The summed E-state index contributed by atoms with van der Waals surface area (Å²) in [6.07, 6.45) is 1.46. The lowest BCUT2D eigenvalue weighted by Crippen LogP contribution is -2.38. The van der Waals surface area contributed by atoms with E-state index in [1.165, 1.54) is 0 Å². The van der Waals surface area contributed by atoms with Gasteiger partial charge in [0.15, 0.2) is 0 Å². The molecule has 0 amide bonds. The second-order valence-electron chi connectivity index (χ2n) is 4.94. The van der Waals surface area contributed by atoms with Gasteiger partial charge in [-0.25, -0.2) is 13.1 Å². The van der Waals surface area contributed by atoms with E-state index in [0.717, 1.165) is 24.9 Å². The summed E-state index contributed by atoms with van der Waals surface area (Å²) in [5, 5.41) is 3.19. The van der Waals surface area contributed by atoms with E-state index in [2.05, 4.69) is 10.0 Å². The topological polar surface area (TPSA) is 67.4 Å².